The topological polar surface area (TPSA) is 65.1 Å². The molecule has 1 aromatic carbocycles. The Morgan fingerprint density at radius 2 is 1.74 bits per heavy atom. The van der Waals surface area contributed by atoms with Crippen molar-refractivity contribution in [1.82, 2.24) is 20.0 Å². The monoisotopic (exact) mass is 504 g/mol. The van der Waals surface area contributed by atoms with Crippen molar-refractivity contribution >= 4 is 23.3 Å². The molecule has 0 radical (unpaired) electrons. The number of thiophene rings is 1. The average molecular weight is 505 g/mol. The van der Waals surface area contributed by atoms with E-state index >= 15 is 0 Å². The predicted octanol–water partition coefficient (Wildman–Crippen LogP) is 3.87. The highest BCUT2D eigenvalue weighted by Gasteiger charge is 2.25. The summed E-state index contributed by atoms with van der Waals surface area (Å²) in [4.78, 5) is 34.5. The zero-order chi connectivity index (χ0) is 25.4. The molecule has 0 aliphatic carbocycles. The van der Waals surface area contributed by atoms with Gasteiger partial charge in [0.25, 0.3) is 0 Å². The standard InChI is InChI=1S/C26H37FN4O3S/c1-20-5-10-23(35-20)18-31(17-21-6-8-22(27)9-7-21)24(32)19-30(25(33)28-26(2,3)4)12-11-29-13-15-34-16-14-29/h5-10H,11-19H2,1-4H3,(H,28,33). The number of aryl methyl sites for hydroxylation is 1. The molecule has 0 spiro atoms. The van der Waals surface area contributed by atoms with Crippen LogP contribution < -0.4 is 5.32 Å². The Morgan fingerprint density at radius 3 is 2.34 bits per heavy atom. The molecule has 1 fully saturated rings. The molecule has 3 rings (SSSR count). The Bertz CT molecular complexity index is 968. The van der Waals surface area contributed by atoms with Crippen LogP contribution in [0.1, 0.15) is 36.1 Å². The van der Waals surface area contributed by atoms with Crippen molar-refractivity contribution in [2.75, 3.05) is 45.9 Å². The van der Waals surface area contributed by atoms with Crippen molar-refractivity contribution in [2.45, 2.75) is 46.3 Å². The van der Waals surface area contributed by atoms with Gasteiger partial charge in [-0.1, -0.05) is 12.1 Å². The van der Waals surface area contributed by atoms with Gasteiger partial charge in [-0.05, 0) is 57.5 Å². The van der Waals surface area contributed by atoms with Crippen LogP contribution in [0.4, 0.5) is 9.18 Å². The van der Waals surface area contributed by atoms with Crippen LogP contribution in [0.3, 0.4) is 0 Å². The molecular weight excluding hydrogens is 467 g/mol. The van der Waals surface area contributed by atoms with Crippen LogP contribution >= 0.6 is 11.3 Å². The fraction of sp³-hybridized carbons (Fsp3) is 0.538. The van der Waals surface area contributed by atoms with Gasteiger partial charge in [0.15, 0.2) is 0 Å². The molecule has 192 valence electrons. The zero-order valence-corrected chi connectivity index (χ0v) is 22.0. The van der Waals surface area contributed by atoms with Gasteiger partial charge in [-0.25, -0.2) is 9.18 Å². The lowest BCUT2D eigenvalue weighted by atomic mass is 10.1. The molecule has 0 unspecified atom stereocenters. The third-order valence-electron chi connectivity index (χ3n) is 5.67. The van der Waals surface area contributed by atoms with E-state index in [-0.39, 0.29) is 24.3 Å². The molecule has 1 aromatic heterocycles. The Morgan fingerprint density at radius 1 is 1.06 bits per heavy atom. The summed E-state index contributed by atoms with van der Waals surface area (Å²) in [5, 5.41) is 2.99. The maximum absolute atomic E-state index is 13.6. The van der Waals surface area contributed by atoms with Gasteiger partial charge in [-0.15, -0.1) is 11.3 Å². The average Bonchev–Trinajstić information content (AvgIpc) is 3.21. The number of benzene rings is 1. The van der Waals surface area contributed by atoms with Gasteiger partial charge in [0, 0.05) is 48.0 Å². The summed E-state index contributed by atoms with van der Waals surface area (Å²) in [7, 11) is 0. The van der Waals surface area contributed by atoms with Crippen LogP contribution in [-0.4, -0.2) is 78.1 Å². The summed E-state index contributed by atoms with van der Waals surface area (Å²) < 4.78 is 18.8. The molecule has 3 amide bonds. The zero-order valence-electron chi connectivity index (χ0n) is 21.2. The molecule has 1 N–H and O–H groups in total. The fourth-order valence-corrected chi connectivity index (χ4v) is 4.71. The van der Waals surface area contributed by atoms with Crippen molar-refractivity contribution < 1.29 is 18.7 Å². The van der Waals surface area contributed by atoms with Crippen LogP contribution in [0.5, 0.6) is 0 Å². The second-order valence-corrected chi connectivity index (χ2v) is 11.3. The number of nitrogens with zero attached hydrogens (tertiary/aromatic N) is 3. The molecule has 0 saturated carbocycles. The molecule has 9 heteroatoms. The van der Waals surface area contributed by atoms with Crippen LogP contribution in [0.2, 0.25) is 0 Å². The number of hydrogen-bond donors (Lipinski definition) is 1. The highest BCUT2D eigenvalue weighted by molar-refractivity contribution is 7.11. The molecule has 1 aliphatic rings. The third kappa shape index (κ3) is 9.23. The van der Waals surface area contributed by atoms with Crippen LogP contribution in [0, 0.1) is 12.7 Å². The Labute approximate surface area is 211 Å². The van der Waals surface area contributed by atoms with E-state index in [1.807, 2.05) is 39.8 Å². The van der Waals surface area contributed by atoms with Gasteiger partial charge in [0.05, 0.1) is 19.8 Å². The largest absolute Gasteiger partial charge is 0.379 e. The molecule has 0 bridgehead atoms. The maximum Gasteiger partial charge on any atom is 0.318 e. The first-order chi connectivity index (χ1) is 16.6. The summed E-state index contributed by atoms with van der Waals surface area (Å²) in [5.41, 5.74) is 0.423. The van der Waals surface area contributed by atoms with Crippen molar-refractivity contribution in [3.8, 4) is 0 Å². The molecular formula is C26H37FN4O3S. The third-order valence-corrected chi connectivity index (χ3v) is 6.65. The van der Waals surface area contributed by atoms with E-state index < -0.39 is 5.54 Å². The number of rotatable bonds is 9. The first kappa shape index (κ1) is 27.1. The van der Waals surface area contributed by atoms with Crippen LogP contribution in [0.15, 0.2) is 36.4 Å². The number of carbonyl (C=O) groups excluding carboxylic acids is 2. The highest BCUT2D eigenvalue weighted by Crippen LogP contribution is 2.19. The number of amides is 3. The number of nitrogens with one attached hydrogen (secondary N) is 1. The Balaban J connectivity index is 1.74. The summed E-state index contributed by atoms with van der Waals surface area (Å²) in [6.45, 7) is 12.7. The smallest absolute Gasteiger partial charge is 0.318 e. The lowest BCUT2D eigenvalue weighted by molar-refractivity contribution is -0.133. The first-order valence-corrected chi connectivity index (χ1v) is 12.9. The predicted molar refractivity (Wildman–Crippen MR) is 137 cm³/mol. The number of halogens is 1. The van der Waals surface area contributed by atoms with Crippen molar-refractivity contribution in [2.24, 2.45) is 0 Å². The van der Waals surface area contributed by atoms with Gasteiger partial charge in [0.1, 0.15) is 12.4 Å². The number of carbonyl (C=O) groups is 2. The van der Waals surface area contributed by atoms with Crippen molar-refractivity contribution in [3.05, 3.63) is 57.5 Å². The Kier molecular flexibility index (Phi) is 9.65. The maximum atomic E-state index is 13.6. The molecule has 2 heterocycles. The number of morpholine rings is 1. The van der Waals surface area contributed by atoms with Gasteiger partial charge in [-0.3, -0.25) is 9.69 Å². The van der Waals surface area contributed by atoms with E-state index in [1.54, 1.807) is 33.3 Å². The number of hydrogen-bond acceptors (Lipinski definition) is 5. The quantitative estimate of drug-likeness (QED) is 0.563. The SMILES string of the molecule is Cc1ccc(CN(Cc2ccc(F)cc2)C(=O)CN(CCN2CCOCC2)C(=O)NC(C)(C)C)s1. The van der Waals surface area contributed by atoms with E-state index in [0.29, 0.717) is 39.4 Å². The van der Waals surface area contributed by atoms with E-state index in [1.165, 1.54) is 17.0 Å². The summed E-state index contributed by atoms with van der Waals surface area (Å²) in [6.07, 6.45) is 0. The van der Waals surface area contributed by atoms with Crippen molar-refractivity contribution in [1.29, 1.82) is 0 Å². The summed E-state index contributed by atoms with van der Waals surface area (Å²) >= 11 is 1.64. The normalized spacial score (nSPS) is 14.5. The number of urea groups is 1. The van der Waals surface area contributed by atoms with Crippen LogP contribution in [0.25, 0.3) is 0 Å². The molecule has 35 heavy (non-hydrogen) atoms. The second-order valence-electron chi connectivity index (χ2n) is 9.94. The second kappa shape index (κ2) is 12.5. The number of ether oxygens (including phenoxy) is 1. The molecule has 2 aromatic rings. The van der Waals surface area contributed by atoms with Crippen LogP contribution in [-0.2, 0) is 22.6 Å². The Hall–Kier alpha value is -2.49. The summed E-state index contributed by atoms with van der Waals surface area (Å²) in [6, 6.07) is 9.99. The molecule has 1 aliphatic heterocycles. The van der Waals surface area contributed by atoms with Gasteiger partial charge in [0.2, 0.25) is 5.91 Å². The molecule has 1 saturated heterocycles. The van der Waals surface area contributed by atoms with Gasteiger partial charge >= 0.3 is 6.03 Å². The van der Waals surface area contributed by atoms with Gasteiger partial charge in [-0.2, -0.15) is 0 Å². The van der Waals surface area contributed by atoms with E-state index in [9.17, 15) is 14.0 Å². The first-order valence-electron chi connectivity index (χ1n) is 12.0. The highest BCUT2D eigenvalue weighted by atomic mass is 32.1. The lowest BCUT2D eigenvalue weighted by Crippen LogP contribution is -2.53. The van der Waals surface area contributed by atoms with Crippen molar-refractivity contribution in [3.63, 3.8) is 0 Å². The van der Waals surface area contributed by atoms with E-state index in [4.69, 9.17) is 4.74 Å². The summed E-state index contributed by atoms with van der Waals surface area (Å²) in [5.74, 6) is -0.458. The molecule has 0 atom stereocenters. The van der Waals surface area contributed by atoms with E-state index in [2.05, 4.69) is 10.2 Å². The molecule has 7 nitrogen and oxygen atoms in total. The van der Waals surface area contributed by atoms with Gasteiger partial charge < -0.3 is 19.9 Å². The lowest BCUT2D eigenvalue weighted by Gasteiger charge is -2.33. The fourth-order valence-electron chi connectivity index (χ4n) is 3.80. The minimum absolute atomic E-state index is 0.0300. The minimum Gasteiger partial charge on any atom is -0.379 e. The minimum atomic E-state index is -0.417. The van der Waals surface area contributed by atoms with E-state index in [0.717, 1.165) is 23.5 Å².